The van der Waals surface area contributed by atoms with E-state index in [-0.39, 0.29) is 6.04 Å². The van der Waals surface area contributed by atoms with Crippen LogP contribution in [0.1, 0.15) is 44.4 Å². The minimum atomic E-state index is 0.214. The molecular formula is C15H23NO. The minimum absolute atomic E-state index is 0.214. The Hall–Kier alpha value is -1.02. The topological polar surface area (TPSA) is 32.3 Å². The van der Waals surface area contributed by atoms with E-state index in [0.717, 1.165) is 18.0 Å². The van der Waals surface area contributed by atoms with Crippen molar-refractivity contribution in [1.29, 1.82) is 0 Å². The summed E-state index contributed by atoms with van der Waals surface area (Å²) < 4.78 is 0. The summed E-state index contributed by atoms with van der Waals surface area (Å²) in [5.74, 6) is 1.18. The number of aryl methyl sites for hydroxylation is 1. The molecule has 2 unspecified atom stereocenters. The van der Waals surface area contributed by atoms with Crippen LogP contribution < -0.4 is 5.32 Å². The third-order valence-corrected chi connectivity index (χ3v) is 4.04. The number of nitrogens with one attached hydrogen (secondary N) is 1. The maximum Gasteiger partial charge on any atom is 0.120 e. The van der Waals surface area contributed by atoms with Gasteiger partial charge < -0.3 is 10.4 Å². The summed E-state index contributed by atoms with van der Waals surface area (Å²) >= 11 is 0. The number of rotatable bonds is 4. The molecule has 2 N–H and O–H groups in total. The molecule has 0 aliphatic heterocycles. The summed E-state index contributed by atoms with van der Waals surface area (Å²) in [5.41, 5.74) is 2.71. The molecule has 0 amide bonds. The first-order valence-corrected chi connectivity index (χ1v) is 6.43. The number of phenols is 1. The number of hydrogen-bond acceptors (Lipinski definition) is 2. The predicted octanol–water partition coefficient (Wildman–Crippen LogP) is 3.40. The van der Waals surface area contributed by atoms with Gasteiger partial charge in [0.15, 0.2) is 0 Å². The van der Waals surface area contributed by atoms with Crippen molar-refractivity contribution in [2.75, 3.05) is 6.54 Å². The zero-order valence-electron chi connectivity index (χ0n) is 11.2. The molecule has 2 heteroatoms. The molecule has 17 heavy (non-hydrogen) atoms. The zero-order chi connectivity index (χ0) is 12.6. The third kappa shape index (κ3) is 2.81. The van der Waals surface area contributed by atoms with Crippen LogP contribution in [0.25, 0.3) is 0 Å². The molecule has 2 rings (SSSR count). The van der Waals surface area contributed by atoms with Gasteiger partial charge in [-0.2, -0.15) is 0 Å². The second kappa shape index (κ2) is 4.34. The van der Waals surface area contributed by atoms with Crippen molar-refractivity contribution in [3.8, 4) is 5.75 Å². The highest BCUT2D eigenvalue weighted by atomic mass is 16.3. The Labute approximate surface area is 104 Å². The smallest absolute Gasteiger partial charge is 0.120 e. The minimum Gasteiger partial charge on any atom is -0.508 e. The lowest BCUT2D eigenvalue weighted by Crippen LogP contribution is -2.22. The fourth-order valence-corrected chi connectivity index (χ4v) is 2.37. The lowest BCUT2D eigenvalue weighted by atomic mass is 10.0. The van der Waals surface area contributed by atoms with E-state index in [1.165, 1.54) is 12.0 Å². The first kappa shape index (κ1) is 12.4. The number of hydrogen-bond donors (Lipinski definition) is 2. The van der Waals surface area contributed by atoms with E-state index in [0.29, 0.717) is 11.2 Å². The van der Waals surface area contributed by atoms with Gasteiger partial charge in [0.25, 0.3) is 0 Å². The molecule has 0 spiro atoms. The first-order valence-electron chi connectivity index (χ1n) is 6.43. The van der Waals surface area contributed by atoms with Gasteiger partial charge in [-0.15, -0.1) is 0 Å². The molecule has 0 radical (unpaired) electrons. The molecular weight excluding hydrogens is 210 g/mol. The highest BCUT2D eigenvalue weighted by Crippen LogP contribution is 2.51. The second-order valence-corrected chi connectivity index (χ2v) is 6.08. The summed E-state index contributed by atoms with van der Waals surface area (Å²) in [5, 5.41) is 13.4. The van der Waals surface area contributed by atoms with Gasteiger partial charge in [0.05, 0.1) is 0 Å². The Kier molecular flexibility index (Phi) is 3.17. The number of aromatic hydroxyl groups is 1. The summed E-state index contributed by atoms with van der Waals surface area (Å²) in [4.78, 5) is 0. The molecule has 2 nitrogen and oxygen atoms in total. The van der Waals surface area contributed by atoms with Crippen molar-refractivity contribution in [3.63, 3.8) is 0 Å². The largest absolute Gasteiger partial charge is 0.508 e. The first-order chi connectivity index (χ1) is 7.90. The molecule has 1 aromatic rings. The van der Waals surface area contributed by atoms with Crippen LogP contribution in [0, 0.1) is 18.3 Å². The highest BCUT2D eigenvalue weighted by molar-refractivity contribution is 5.37. The van der Waals surface area contributed by atoms with E-state index in [4.69, 9.17) is 0 Å². The standard InChI is InChI=1S/C15H23NO/c1-10-5-6-14(17)13(7-10)11(2)16-9-12-8-15(12,3)4/h5-7,11-12,16-17H,8-9H2,1-4H3. The normalized spacial score (nSPS) is 23.4. The molecule has 0 aromatic heterocycles. The molecule has 0 heterocycles. The highest BCUT2D eigenvalue weighted by Gasteiger charge is 2.44. The van der Waals surface area contributed by atoms with Crippen LogP contribution in [0.4, 0.5) is 0 Å². The van der Waals surface area contributed by atoms with E-state index >= 15 is 0 Å². The van der Waals surface area contributed by atoms with Crippen LogP contribution in [0.2, 0.25) is 0 Å². The van der Waals surface area contributed by atoms with Crippen molar-refractivity contribution in [3.05, 3.63) is 29.3 Å². The SMILES string of the molecule is Cc1ccc(O)c(C(C)NCC2CC2(C)C)c1. The van der Waals surface area contributed by atoms with Gasteiger partial charge in [0, 0.05) is 11.6 Å². The fraction of sp³-hybridized carbons (Fsp3) is 0.600. The van der Waals surface area contributed by atoms with Crippen LogP contribution in [-0.2, 0) is 0 Å². The van der Waals surface area contributed by atoms with Gasteiger partial charge in [-0.3, -0.25) is 0 Å². The van der Waals surface area contributed by atoms with Gasteiger partial charge in [0.1, 0.15) is 5.75 Å². The molecule has 1 saturated carbocycles. The van der Waals surface area contributed by atoms with E-state index < -0.39 is 0 Å². The van der Waals surface area contributed by atoms with Crippen molar-refractivity contribution >= 4 is 0 Å². The Morgan fingerprint density at radius 3 is 2.71 bits per heavy atom. The lowest BCUT2D eigenvalue weighted by molar-refractivity contribution is 0.442. The maximum absolute atomic E-state index is 9.85. The molecule has 2 atom stereocenters. The zero-order valence-corrected chi connectivity index (χ0v) is 11.2. The third-order valence-electron chi connectivity index (χ3n) is 4.04. The van der Waals surface area contributed by atoms with Crippen LogP contribution in [0.3, 0.4) is 0 Å². The Morgan fingerprint density at radius 2 is 2.12 bits per heavy atom. The molecule has 0 bridgehead atoms. The van der Waals surface area contributed by atoms with Gasteiger partial charge in [0.2, 0.25) is 0 Å². The molecule has 1 aliphatic rings. The van der Waals surface area contributed by atoms with E-state index in [1.807, 2.05) is 6.07 Å². The van der Waals surface area contributed by atoms with Crippen molar-refractivity contribution in [2.24, 2.45) is 11.3 Å². The summed E-state index contributed by atoms with van der Waals surface area (Å²) in [6.07, 6.45) is 1.31. The van der Waals surface area contributed by atoms with Crippen molar-refractivity contribution < 1.29 is 5.11 Å². The van der Waals surface area contributed by atoms with E-state index in [9.17, 15) is 5.11 Å². The van der Waals surface area contributed by atoms with Crippen LogP contribution in [0.15, 0.2) is 18.2 Å². The lowest BCUT2D eigenvalue weighted by Gasteiger charge is -2.16. The quantitative estimate of drug-likeness (QED) is 0.835. The molecule has 1 aliphatic carbocycles. The molecule has 94 valence electrons. The molecule has 0 saturated heterocycles. The van der Waals surface area contributed by atoms with Crippen molar-refractivity contribution in [1.82, 2.24) is 5.32 Å². The summed E-state index contributed by atoms with van der Waals surface area (Å²) in [7, 11) is 0. The second-order valence-electron chi connectivity index (χ2n) is 6.08. The van der Waals surface area contributed by atoms with Gasteiger partial charge in [-0.25, -0.2) is 0 Å². The van der Waals surface area contributed by atoms with Crippen LogP contribution >= 0.6 is 0 Å². The van der Waals surface area contributed by atoms with Gasteiger partial charge in [-0.1, -0.05) is 31.5 Å². The maximum atomic E-state index is 9.85. The van der Waals surface area contributed by atoms with Crippen molar-refractivity contribution in [2.45, 2.75) is 40.2 Å². The predicted molar refractivity (Wildman–Crippen MR) is 71.1 cm³/mol. The monoisotopic (exact) mass is 233 g/mol. The Balaban J connectivity index is 1.95. The van der Waals surface area contributed by atoms with E-state index in [1.54, 1.807) is 6.07 Å². The van der Waals surface area contributed by atoms with E-state index in [2.05, 4.69) is 39.1 Å². The average molecular weight is 233 g/mol. The van der Waals surface area contributed by atoms with Crippen LogP contribution in [0.5, 0.6) is 5.75 Å². The summed E-state index contributed by atoms with van der Waals surface area (Å²) in [6.45, 7) is 9.84. The fourth-order valence-electron chi connectivity index (χ4n) is 2.37. The number of benzene rings is 1. The number of phenolic OH excluding ortho intramolecular Hbond substituents is 1. The summed E-state index contributed by atoms with van der Waals surface area (Å²) in [6, 6.07) is 6.00. The van der Waals surface area contributed by atoms with Gasteiger partial charge in [-0.05, 0) is 44.2 Å². The molecule has 1 aromatic carbocycles. The molecule has 1 fully saturated rings. The Bertz CT molecular complexity index is 411. The Morgan fingerprint density at radius 1 is 1.47 bits per heavy atom. The van der Waals surface area contributed by atoms with Crippen LogP contribution in [-0.4, -0.2) is 11.7 Å². The average Bonchev–Trinajstić information content (AvgIpc) is 2.87. The van der Waals surface area contributed by atoms with Gasteiger partial charge >= 0.3 is 0 Å².